The van der Waals surface area contributed by atoms with Crippen molar-refractivity contribution in [2.24, 2.45) is 5.73 Å². The quantitative estimate of drug-likeness (QED) is 0.149. The predicted molar refractivity (Wildman–Crippen MR) is 135 cm³/mol. The van der Waals surface area contributed by atoms with Crippen LogP contribution >= 0.6 is 12.6 Å². The maximum absolute atomic E-state index is 12.7. The summed E-state index contributed by atoms with van der Waals surface area (Å²) in [6.45, 7) is 1.41. The molecular weight excluding hydrogens is 486 g/mol. The second kappa shape index (κ2) is 12.2. The molecule has 2 aromatic heterocycles. The van der Waals surface area contributed by atoms with Gasteiger partial charge in [0.1, 0.15) is 18.1 Å². The molecule has 0 radical (unpaired) electrons. The number of H-pyrrole nitrogens is 2. The molecule has 0 aliphatic carbocycles. The maximum atomic E-state index is 12.7. The van der Waals surface area contributed by atoms with Gasteiger partial charge in [-0.05, 0) is 25.0 Å². The van der Waals surface area contributed by atoms with E-state index in [0.29, 0.717) is 5.69 Å². The van der Waals surface area contributed by atoms with Crippen molar-refractivity contribution in [3.8, 4) is 0 Å². The number of para-hydroxylation sites is 1. The Morgan fingerprint density at radius 2 is 1.75 bits per heavy atom. The number of rotatable bonds is 12. The first-order chi connectivity index (χ1) is 17.2. The van der Waals surface area contributed by atoms with Crippen molar-refractivity contribution in [1.82, 2.24) is 30.9 Å². The molecule has 13 heteroatoms. The number of nitrogens with two attached hydrogens (primary N) is 1. The lowest BCUT2D eigenvalue weighted by atomic mass is 10.0. The van der Waals surface area contributed by atoms with E-state index in [0.717, 1.165) is 16.5 Å². The highest BCUT2D eigenvalue weighted by molar-refractivity contribution is 7.80. The van der Waals surface area contributed by atoms with Crippen molar-refractivity contribution < 1.29 is 24.3 Å². The second-order valence-corrected chi connectivity index (χ2v) is 8.69. The minimum atomic E-state index is -1.24. The predicted octanol–water partition coefficient (Wildman–Crippen LogP) is -0.508. The summed E-state index contributed by atoms with van der Waals surface area (Å²) in [6, 6.07) is 3.36. The Morgan fingerprint density at radius 3 is 2.42 bits per heavy atom. The van der Waals surface area contributed by atoms with Gasteiger partial charge in [-0.2, -0.15) is 12.6 Å². The van der Waals surface area contributed by atoms with Crippen LogP contribution in [0, 0.1) is 0 Å². The lowest BCUT2D eigenvalue weighted by Gasteiger charge is -2.22. The minimum Gasteiger partial charge on any atom is -0.480 e. The van der Waals surface area contributed by atoms with Crippen LogP contribution in [0.15, 0.2) is 43.0 Å². The number of nitrogens with zero attached hydrogens (tertiary/aromatic N) is 1. The monoisotopic (exact) mass is 515 g/mol. The fraction of sp³-hybridized carbons (Fsp3) is 0.348. The third kappa shape index (κ3) is 6.86. The molecule has 0 aliphatic heterocycles. The van der Waals surface area contributed by atoms with E-state index in [1.807, 2.05) is 24.3 Å². The van der Waals surface area contributed by atoms with Gasteiger partial charge in [-0.15, -0.1) is 0 Å². The summed E-state index contributed by atoms with van der Waals surface area (Å²) in [7, 11) is 0. The molecular formula is C23H29N7O5S. The molecule has 8 N–H and O–H groups in total. The molecule has 4 atom stereocenters. The molecule has 3 amide bonds. The van der Waals surface area contributed by atoms with Gasteiger partial charge in [0, 0.05) is 41.2 Å². The normalized spacial score (nSPS) is 14.4. The Kier molecular flexibility index (Phi) is 9.08. The summed E-state index contributed by atoms with van der Waals surface area (Å²) < 4.78 is 0. The second-order valence-electron chi connectivity index (χ2n) is 8.32. The number of fused-ring (bicyclic) bond motifs is 1. The van der Waals surface area contributed by atoms with Gasteiger partial charge in [0.25, 0.3) is 0 Å². The smallest absolute Gasteiger partial charge is 0.326 e. The number of carboxylic acid groups (broad SMARTS) is 1. The Hall–Kier alpha value is -3.84. The molecule has 0 fully saturated rings. The van der Waals surface area contributed by atoms with Crippen molar-refractivity contribution >= 4 is 47.2 Å². The Morgan fingerprint density at radius 1 is 1.03 bits per heavy atom. The molecule has 192 valence electrons. The number of thiol groups is 1. The summed E-state index contributed by atoms with van der Waals surface area (Å²) in [4.78, 5) is 59.1. The van der Waals surface area contributed by atoms with E-state index >= 15 is 0 Å². The number of carbonyl (C=O) groups is 4. The lowest BCUT2D eigenvalue weighted by molar-refractivity contribution is -0.142. The van der Waals surface area contributed by atoms with E-state index in [4.69, 9.17) is 5.73 Å². The zero-order valence-corrected chi connectivity index (χ0v) is 20.4. The molecule has 36 heavy (non-hydrogen) atoms. The van der Waals surface area contributed by atoms with Gasteiger partial charge in [-0.25, -0.2) is 9.78 Å². The van der Waals surface area contributed by atoms with E-state index in [9.17, 15) is 24.3 Å². The summed E-state index contributed by atoms with van der Waals surface area (Å²) in [5.41, 5.74) is 8.40. The van der Waals surface area contributed by atoms with Gasteiger partial charge < -0.3 is 36.8 Å². The SMILES string of the molecule is CC(NC(=O)C(CS)NC(=O)C(N)Cc1c[nH]c2ccccc12)C(=O)NC(Cc1cnc[nH]1)C(=O)O. The van der Waals surface area contributed by atoms with Crippen LogP contribution in [0.3, 0.4) is 0 Å². The van der Waals surface area contributed by atoms with Crippen LogP contribution in [0.4, 0.5) is 0 Å². The third-order valence-electron chi connectivity index (χ3n) is 5.61. The van der Waals surface area contributed by atoms with Crippen LogP contribution in [0.2, 0.25) is 0 Å². The number of hydrogen-bond acceptors (Lipinski definition) is 7. The Balaban J connectivity index is 1.53. The fourth-order valence-corrected chi connectivity index (χ4v) is 3.85. The van der Waals surface area contributed by atoms with Gasteiger partial charge >= 0.3 is 5.97 Å². The number of imidazole rings is 1. The van der Waals surface area contributed by atoms with E-state index < -0.39 is 47.9 Å². The number of carbonyl (C=O) groups excluding carboxylic acids is 3. The van der Waals surface area contributed by atoms with E-state index in [2.05, 4.69) is 43.5 Å². The standard InChI is InChI=1S/C23H29N7O5S/c1-12(20(31)29-18(23(34)35)7-14-9-25-11-27-14)28-22(33)19(10-36)30-21(32)16(24)6-13-8-26-17-5-3-2-4-15(13)17/h2-5,8-9,11-12,16,18-19,26,36H,6-7,10,24H2,1H3,(H,25,27)(H,28,33)(H,29,31)(H,30,32)(H,34,35). The molecule has 0 spiro atoms. The zero-order chi connectivity index (χ0) is 26.2. The topological polar surface area (TPSA) is 195 Å². The molecule has 12 nitrogen and oxygen atoms in total. The highest BCUT2D eigenvalue weighted by atomic mass is 32.1. The highest BCUT2D eigenvalue weighted by Gasteiger charge is 2.28. The average molecular weight is 516 g/mol. The number of carboxylic acids is 1. The van der Waals surface area contributed by atoms with Gasteiger partial charge in [0.2, 0.25) is 17.7 Å². The maximum Gasteiger partial charge on any atom is 0.326 e. The first-order valence-electron chi connectivity index (χ1n) is 11.2. The molecule has 0 aliphatic rings. The van der Waals surface area contributed by atoms with Crippen molar-refractivity contribution in [1.29, 1.82) is 0 Å². The first-order valence-corrected chi connectivity index (χ1v) is 11.9. The van der Waals surface area contributed by atoms with Crippen molar-refractivity contribution in [3.63, 3.8) is 0 Å². The van der Waals surface area contributed by atoms with Gasteiger partial charge in [-0.3, -0.25) is 14.4 Å². The van der Waals surface area contributed by atoms with Crippen LogP contribution in [-0.4, -0.2) is 73.7 Å². The molecule has 1 aromatic carbocycles. The van der Waals surface area contributed by atoms with E-state index in [1.165, 1.54) is 19.4 Å². The average Bonchev–Trinajstić information content (AvgIpc) is 3.51. The Labute approximate surface area is 212 Å². The highest BCUT2D eigenvalue weighted by Crippen LogP contribution is 2.18. The van der Waals surface area contributed by atoms with E-state index in [1.54, 1.807) is 6.20 Å². The number of amides is 3. The first kappa shape index (κ1) is 26.8. The summed E-state index contributed by atoms with van der Waals surface area (Å²) in [5.74, 6) is -3.17. The molecule has 0 bridgehead atoms. The summed E-state index contributed by atoms with van der Waals surface area (Å²) in [6.07, 6.45) is 4.89. The number of hydrogen-bond donors (Lipinski definition) is 8. The number of aromatic amines is 2. The minimum absolute atomic E-state index is 0.00855. The lowest BCUT2D eigenvalue weighted by Crippen LogP contribution is -2.57. The molecule has 0 saturated heterocycles. The number of aromatic nitrogens is 3. The zero-order valence-electron chi connectivity index (χ0n) is 19.5. The molecule has 3 rings (SSSR count). The third-order valence-corrected chi connectivity index (χ3v) is 5.98. The van der Waals surface area contributed by atoms with Crippen LogP contribution in [0.1, 0.15) is 18.2 Å². The van der Waals surface area contributed by atoms with Gasteiger partial charge in [0.15, 0.2) is 0 Å². The molecule has 0 saturated carbocycles. The number of aliphatic carboxylic acids is 1. The van der Waals surface area contributed by atoms with Crippen molar-refractivity contribution in [3.05, 3.63) is 54.2 Å². The van der Waals surface area contributed by atoms with Crippen LogP contribution < -0.4 is 21.7 Å². The largest absolute Gasteiger partial charge is 0.480 e. The Bertz CT molecular complexity index is 1210. The van der Waals surface area contributed by atoms with Gasteiger partial charge in [0.05, 0.1) is 12.4 Å². The van der Waals surface area contributed by atoms with Crippen molar-refractivity contribution in [2.75, 3.05) is 5.75 Å². The number of benzene rings is 1. The fourth-order valence-electron chi connectivity index (χ4n) is 3.60. The number of nitrogens with one attached hydrogen (secondary N) is 5. The van der Waals surface area contributed by atoms with Gasteiger partial charge in [-0.1, -0.05) is 18.2 Å². The summed E-state index contributed by atoms with van der Waals surface area (Å²) >= 11 is 4.13. The van der Waals surface area contributed by atoms with Crippen LogP contribution in [-0.2, 0) is 32.0 Å². The summed E-state index contributed by atoms with van der Waals surface area (Å²) in [5, 5.41) is 17.8. The molecule has 2 heterocycles. The van der Waals surface area contributed by atoms with Crippen LogP contribution in [0.5, 0.6) is 0 Å². The molecule has 4 unspecified atom stereocenters. The van der Waals surface area contributed by atoms with Crippen molar-refractivity contribution in [2.45, 2.75) is 43.9 Å². The van der Waals surface area contributed by atoms with Crippen LogP contribution in [0.25, 0.3) is 10.9 Å². The van der Waals surface area contributed by atoms with E-state index in [-0.39, 0.29) is 18.6 Å². The molecule has 3 aromatic rings.